The first-order valence-electron chi connectivity index (χ1n) is 8.80. The summed E-state index contributed by atoms with van der Waals surface area (Å²) in [5, 5.41) is 8.96. The average Bonchev–Trinajstić information content (AvgIpc) is 3.06. The lowest BCUT2D eigenvalue weighted by molar-refractivity contribution is 0.252. The summed E-state index contributed by atoms with van der Waals surface area (Å²) in [4.78, 5) is 23.9. The van der Waals surface area contributed by atoms with Gasteiger partial charge in [0.1, 0.15) is 5.82 Å². The summed E-state index contributed by atoms with van der Waals surface area (Å²) in [6.45, 7) is 5.54. The van der Waals surface area contributed by atoms with Crippen molar-refractivity contribution in [2.24, 2.45) is 0 Å². The van der Waals surface area contributed by atoms with Gasteiger partial charge in [0.25, 0.3) is 0 Å². The Kier molecular flexibility index (Phi) is 5.68. The Balaban J connectivity index is 1.43. The molecule has 2 heterocycles. The maximum atomic E-state index is 12.0. The highest BCUT2D eigenvalue weighted by Gasteiger charge is 2.08. The number of aromatic nitrogens is 3. The summed E-state index contributed by atoms with van der Waals surface area (Å²) >= 11 is 0. The number of aromatic amines is 1. The van der Waals surface area contributed by atoms with E-state index in [0.29, 0.717) is 12.5 Å². The molecule has 0 radical (unpaired) electrons. The third-order valence-electron chi connectivity index (χ3n) is 3.93. The van der Waals surface area contributed by atoms with Crippen molar-refractivity contribution < 1.29 is 4.79 Å². The minimum absolute atomic E-state index is 0.214. The summed E-state index contributed by atoms with van der Waals surface area (Å²) in [7, 11) is 0. The van der Waals surface area contributed by atoms with Gasteiger partial charge in [0, 0.05) is 37.1 Å². The lowest BCUT2D eigenvalue weighted by atomic mass is 10.2. The number of imidazole rings is 1. The zero-order chi connectivity index (χ0) is 18.4. The standard InChI is InChI=1S/C19H24N6O/c1-13(2)18-24-16-7-6-14(11-17(16)25-18)23-19(26)22-10-4-9-21-15-5-3-8-20-12-15/h3,5-8,11-13,21H,4,9-10H2,1-2H3,(H,24,25)(H2,22,23,26). The number of nitrogens with zero attached hydrogens (tertiary/aromatic N) is 2. The Morgan fingerprint density at radius 1 is 1.19 bits per heavy atom. The number of pyridine rings is 1. The molecule has 2 amide bonds. The zero-order valence-corrected chi connectivity index (χ0v) is 15.0. The van der Waals surface area contributed by atoms with Gasteiger partial charge in [0.15, 0.2) is 0 Å². The molecule has 0 spiro atoms. The van der Waals surface area contributed by atoms with Gasteiger partial charge in [-0.15, -0.1) is 0 Å². The highest BCUT2D eigenvalue weighted by molar-refractivity contribution is 5.91. The van der Waals surface area contributed by atoms with Crippen molar-refractivity contribution in [2.75, 3.05) is 23.7 Å². The number of benzene rings is 1. The largest absolute Gasteiger partial charge is 0.384 e. The van der Waals surface area contributed by atoms with Gasteiger partial charge in [-0.05, 0) is 36.8 Å². The van der Waals surface area contributed by atoms with E-state index in [4.69, 9.17) is 0 Å². The van der Waals surface area contributed by atoms with Gasteiger partial charge < -0.3 is 20.9 Å². The molecule has 0 atom stereocenters. The molecule has 1 aromatic carbocycles. The van der Waals surface area contributed by atoms with Crippen molar-refractivity contribution in [3.63, 3.8) is 0 Å². The van der Waals surface area contributed by atoms with Gasteiger partial charge in [-0.1, -0.05) is 13.8 Å². The van der Waals surface area contributed by atoms with Gasteiger partial charge in [0.05, 0.1) is 16.7 Å². The fraction of sp³-hybridized carbons (Fsp3) is 0.316. The minimum Gasteiger partial charge on any atom is -0.384 e. The number of rotatable bonds is 7. The Bertz CT molecular complexity index is 859. The van der Waals surface area contributed by atoms with Crippen LogP contribution in [-0.2, 0) is 0 Å². The zero-order valence-electron chi connectivity index (χ0n) is 15.0. The molecule has 0 saturated carbocycles. The molecule has 7 nitrogen and oxygen atoms in total. The van der Waals surface area contributed by atoms with Crippen LogP contribution in [0.25, 0.3) is 11.0 Å². The second-order valence-corrected chi connectivity index (χ2v) is 6.41. The second-order valence-electron chi connectivity index (χ2n) is 6.41. The van der Waals surface area contributed by atoms with E-state index in [1.54, 1.807) is 12.4 Å². The Hall–Kier alpha value is -3.09. The first-order chi connectivity index (χ1) is 12.6. The molecule has 136 valence electrons. The number of H-pyrrole nitrogens is 1. The smallest absolute Gasteiger partial charge is 0.319 e. The van der Waals surface area contributed by atoms with E-state index in [2.05, 4.69) is 44.7 Å². The lowest BCUT2D eigenvalue weighted by Crippen LogP contribution is -2.30. The molecule has 0 saturated heterocycles. The normalized spacial score (nSPS) is 10.9. The number of carbonyl (C=O) groups excluding carboxylic acids is 1. The van der Waals surface area contributed by atoms with Crippen molar-refractivity contribution in [1.29, 1.82) is 0 Å². The number of anilines is 2. The van der Waals surface area contributed by atoms with E-state index in [-0.39, 0.29) is 6.03 Å². The van der Waals surface area contributed by atoms with Crippen LogP contribution in [0.4, 0.5) is 16.2 Å². The van der Waals surface area contributed by atoms with Gasteiger partial charge in [0.2, 0.25) is 0 Å². The first kappa shape index (κ1) is 17.7. The molecule has 4 N–H and O–H groups in total. The van der Waals surface area contributed by atoms with Gasteiger partial charge >= 0.3 is 6.03 Å². The Labute approximate surface area is 152 Å². The van der Waals surface area contributed by atoms with Gasteiger partial charge in [-0.25, -0.2) is 9.78 Å². The SMILES string of the molecule is CC(C)c1nc2ccc(NC(=O)NCCCNc3cccnc3)cc2[nH]1. The summed E-state index contributed by atoms with van der Waals surface area (Å²) in [5.41, 5.74) is 3.54. The van der Waals surface area contributed by atoms with Crippen LogP contribution in [0.1, 0.15) is 32.0 Å². The van der Waals surface area contributed by atoms with Crippen LogP contribution in [0.5, 0.6) is 0 Å². The van der Waals surface area contributed by atoms with E-state index in [9.17, 15) is 4.79 Å². The first-order valence-corrected chi connectivity index (χ1v) is 8.80. The van der Waals surface area contributed by atoms with Gasteiger partial charge in [-0.3, -0.25) is 4.98 Å². The maximum absolute atomic E-state index is 12.0. The fourth-order valence-corrected chi connectivity index (χ4v) is 2.55. The molecule has 0 aliphatic carbocycles. The lowest BCUT2D eigenvalue weighted by Gasteiger charge is -2.08. The molecule has 0 bridgehead atoms. The number of fused-ring (bicyclic) bond motifs is 1. The van der Waals surface area contributed by atoms with Crippen LogP contribution in [0, 0.1) is 0 Å². The summed E-state index contributed by atoms with van der Waals surface area (Å²) in [5.74, 6) is 1.28. The molecule has 7 heteroatoms. The predicted molar refractivity (Wildman–Crippen MR) is 105 cm³/mol. The molecule has 3 rings (SSSR count). The summed E-state index contributed by atoms with van der Waals surface area (Å²) < 4.78 is 0. The second kappa shape index (κ2) is 8.33. The molecular formula is C19H24N6O. The van der Waals surface area contributed by atoms with Gasteiger partial charge in [-0.2, -0.15) is 0 Å². The van der Waals surface area contributed by atoms with Crippen LogP contribution in [-0.4, -0.2) is 34.1 Å². The average molecular weight is 352 g/mol. The van der Waals surface area contributed by atoms with Crippen molar-refractivity contribution in [1.82, 2.24) is 20.3 Å². The number of nitrogens with one attached hydrogen (secondary N) is 4. The van der Waals surface area contributed by atoms with Crippen LogP contribution in [0.3, 0.4) is 0 Å². The Morgan fingerprint density at radius 3 is 2.85 bits per heavy atom. The number of hydrogen-bond acceptors (Lipinski definition) is 4. The van der Waals surface area contributed by atoms with E-state index in [1.165, 1.54) is 0 Å². The molecule has 0 aliphatic rings. The van der Waals surface area contributed by atoms with E-state index in [0.717, 1.165) is 41.2 Å². The van der Waals surface area contributed by atoms with Crippen molar-refractivity contribution in [2.45, 2.75) is 26.2 Å². The highest BCUT2D eigenvalue weighted by Crippen LogP contribution is 2.20. The highest BCUT2D eigenvalue weighted by atomic mass is 16.2. The molecule has 0 aliphatic heterocycles. The van der Waals surface area contributed by atoms with Crippen LogP contribution >= 0.6 is 0 Å². The van der Waals surface area contributed by atoms with Crippen LogP contribution in [0.2, 0.25) is 0 Å². The topological polar surface area (TPSA) is 94.7 Å². The molecular weight excluding hydrogens is 328 g/mol. The van der Waals surface area contributed by atoms with Crippen LogP contribution in [0.15, 0.2) is 42.7 Å². The number of urea groups is 1. The molecule has 26 heavy (non-hydrogen) atoms. The Morgan fingerprint density at radius 2 is 2.08 bits per heavy atom. The molecule has 0 unspecified atom stereocenters. The van der Waals surface area contributed by atoms with Crippen LogP contribution < -0.4 is 16.0 Å². The maximum Gasteiger partial charge on any atom is 0.319 e. The predicted octanol–water partition coefficient (Wildman–Crippen LogP) is 3.71. The van der Waals surface area contributed by atoms with Crippen molar-refractivity contribution in [3.05, 3.63) is 48.5 Å². The third-order valence-corrected chi connectivity index (χ3v) is 3.93. The van der Waals surface area contributed by atoms with Crippen molar-refractivity contribution >= 4 is 28.4 Å². The molecule has 3 aromatic rings. The third kappa shape index (κ3) is 4.72. The number of hydrogen-bond donors (Lipinski definition) is 4. The van der Waals surface area contributed by atoms with E-state index in [1.807, 2.05) is 30.3 Å². The van der Waals surface area contributed by atoms with Crippen molar-refractivity contribution in [3.8, 4) is 0 Å². The monoisotopic (exact) mass is 352 g/mol. The quantitative estimate of drug-likeness (QED) is 0.488. The molecule has 0 fully saturated rings. The number of carbonyl (C=O) groups is 1. The van der Waals surface area contributed by atoms with E-state index < -0.39 is 0 Å². The molecule has 2 aromatic heterocycles. The summed E-state index contributed by atoms with van der Waals surface area (Å²) in [6, 6.07) is 9.30. The minimum atomic E-state index is -0.214. The summed E-state index contributed by atoms with van der Waals surface area (Å²) in [6.07, 6.45) is 4.33. The van der Waals surface area contributed by atoms with E-state index >= 15 is 0 Å². The number of amides is 2. The fourth-order valence-electron chi connectivity index (χ4n) is 2.55.